The zero-order chi connectivity index (χ0) is 18.3. The number of unbranched alkanes of at least 4 members (excludes halogenated alkanes) is 9. The van der Waals surface area contributed by atoms with Crippen molar-refractivity contribution in [2.45, 2.75) is 77.6 Å². The summed E-state index contributed by atoms with van der Waals surface area (Å²) in [5.41, 5.74) is 3.60. The molecule has 0 saturated carbocycles. The van der Waals surface area contributed by atoms with Gasteiger partial charge in [-0.15, -0.1) is 0 Å². The Bertz CT molecular complexity index is 598. The van der Waals surface area contributed by atoms with Crippen LogP contribution in [0.2, 0.25) is 0 Å². The van der Waals surface area contributed by atoms with Crippen LogP contribution in [0.3, 0.4) is 0 Å². The number of nitrogens with zero attached hydrogens (tertiary/aromatic N) is 1. The monoisotopic (exact) mass is 349 g/mol. The van der Waals surface area contributed by atoms with Gasteiger partial charge in [-0.1, -0.05) is 107 Å². The topological polar surface area (TPSA) is 12.4 Å². The number of hydrogen-bond donors (Lipinski definition) is 0. The number of aryl methyl sites for hydroxylation is 1. The average molecular weight is 350 g/mol. The first kappa shape index (κ1) is 20.4. The van der Waals surface area contributed by atoms with Crippen LogP contribution in [0.15, 0.2) is 59.6 Å². The molecular weight excluding hydrogens is 314 g/mol. The van der Waals surface area contributed by atoms with Crippen molar-refractivity contribution in [2.24, 2.45) is 4.99 Å². The van der Waals surface area contributed by atoms with Gasteiger partial charge in [-0.2, -0.15) is 0 Å². The predicted octanol–water partition coefficient (Wildman–Crippen LogP) is 7.90. The van der Waals surface area contributed by atoms with E-state index in [1.807, 2.05) is 24.4 Å². The molecule has 140 valence electrons. The van der Waals surface area contributed by atoms with Crippen LogP contribution < -0.4 is 0 Å². The largest absolute Gasteiger partial charge is 0.256 e. The van der Waals surface area contributed by atoms with Gasteiger partial charge in [0, 0.05) is 6.21 Å². The van der Waals surface area contributed by atoms with Gasteiger partial charge >= 0.3 is 0 Å². The first-order chi connectivity index (χ1) is 12.9. The highest BCUT2D eigenvalue weighted by Crippen LogP contribution is 2.16. The Morgan fingerprint density at radius 3 is 1.85 bits per heavy atom. The van der Waals surface area contributed by atoms with E-state index in [0.29, 0.717) is 0 Å². The van der Waals surface area contributed by atoms with Crippen LogP contribution in [0.5, 0.6) is 0 Å². The molecule has 2 aromatic rings. The maximum Gasteiger partial charge on any atom is 0.0630 e. The van der Waals surface area contributed by atoms with Gasteiger partial charge in [0.1, 0.15) is 0 Å². The van der Waals surface area contributed by atoms with E-state index in [4.69, 9.17) is 0 Å². The number of hydrogen-bond acceptors (Lipinski definition) is 1. The summed E-state index contributed by atoms with van der Waals surface area (Å²) in [6.45, 7) is 2.28. The van der Waals surface area contributed by atoms with Crippen LogP contribution in [-0.4, -0.2) is 6.21 Å². The molecule has 2 aromatic carbocycles. The molecule has 0 N–H and O–H groups in total. The Kier molecular flexibility index (Phi) is 10.5. The van der Waals surface area contributed by atoms with Gasteiger partial charge in [0.25, 0.3) is 0 Å². The third-order valence-corrected chi connectivity index (χ3v) is 4.92. The smallest absolute Gasteiger partial charge is 0.0630 e. The summed E-state index contributed by atoms with van der Waals surface area (Å²) in [4.78, 5) is 4.55. The maximum absolute atomic E-state index is 4.55. The van der Waals surface area contributed by atoms with Crippen LogP contribution in [-0.2, 0) is 6.42 Å². The van der Waals surface area contributed by atoms with E-state index in [9.17, 15) is 0 Å². The van der Waals surface area contributed by atoms with Crippen molar-refractivity contribution in [1.82, 2.24) is 0 Å². The van der Waals surface area contributed by atoms with E-state index in [1.54, 1.807) is 0 Å². The summed E-state index contributed by atoms with van der Waals surface area (Å²) >= 11 is 0. The minimum Gasteiger partial charge on any atom is -0.256 e. The second kappa shape index (κ2) is 13.3. The zero-order valence-corrected chi connectivity index (χ0v) is 16.5. The summed E-state index contributed by atoms with van der Waals surface area (Å²) in [7, 11) is 0. The van der Waals surface area contributed by atoms with Gasteiger partial charge in [-0.25, -0.2) is 0 Å². The molecule has 1 heteroatoms. The van der Waals surface area contributed by atoms with Gasteiger partial charge in [-0.05, 0) is 36.1 Å². The molecule has 0 aliphatic heterocycles. The van der Waals surface area contributed by atoms with Crippen LogP contribution in [0.25, 0.3) is 0 Å². The standard InChI is InChI=1S/C25H35N/c1-2-3-4-5-6-7-8-9-10-12-15-23-18-20-25(21-19-23)26-22-24-16-13-11-14-17-24/h11,13-14,16-22H,2-10,12,15H2,1H3. The Morgan fingerprint density at radius 1 is 0.654 bits per heavy atom. The van der Waals surface area contributed by atoms with Crippen molar-refractivity contribution in [3.63, 3.8) is 0 Å². The van der Waals surface area contributed by atoms with Crippen LogP contribution in [0.1, 0.15) is 82.3 Å². The average Bonchev–Trinajstić information content (AvgIpc) is 2.69. The van der Waals surface area contributed by atoms with Crippen molar-refractivity contribution in [2.75, 3.05) is 0 Å². The molecule has 26 heavy (non-hydrogen) atoms. The third-order valence-electron chi connectivity index (χ3n) is 4.92. The van der Waals surface area contributed by atoms with E-state index < -0.39 is 0 Å². The molecule has 0 heterocycles. The predicted molar refractivity (Wildman–Crippen MR) is 116 cm³/mol. The van der Waals surface area contributed by atoms with Gasteiger partial charge in [-0.3, -0.25) is 4.99 Å². The van der Waals surface area contributed by atoms with Crippen LogP contribution >= 0.6 is 0 Å². The lowest BCUT2D eigenvalue weighted by molar-refractivity contribution is 0.556. The third kappa shape index (κ3) is 8.99. The number of rotatable bonds is 13. The van der Waals surface area contributed by atoms with E-state index in [1.165, 1.54) is 76.2 Å². The number of benzene rings is 2. The molecule has 0 aromatic heterocycles. The molecule has 0 aliphatic rings. The lowest BCUT2D eigenvalue weighted by Crippen LogP contribution is -1.86. The molecule has 2 rings (SSSR count). The van der Waals surface area contributed by atoms with Crippen molar-refractivity contribution in [1.29, 1.82) is 0 Å². The molecule has 1 nitrogen and oxygen atoms in total. The molecule has 0 radical (unpaired) electrons. The van der Waals surface area contributed by atoms with E-state index in [0.717, 1.165) is 11.3 Å². The molecule has 0 fully saturated rings. The minimum absolute atomic E-state index is 1.03. The molecule has 0 atom stereocenters. The molecule has 0 aliphatic carbocycles. The lowest BCUT2D eigenvalue weighted by Gasteiger charge is -2.03. The van der Waals surface area contributed by atoms with Crippen molar-refractivity contribution in [3.05, 3.63) is 65.7 Å². The van der Waals surface area contributed by atoms with Gasteiger partial charge < -0.3 is 0 Å². The maximum atomic E-state index is 4.55. The Labute approximate surface area is 160 Å². The first-order valence-corrected chi connectivity index (χ1v) is 10.6. The highest BCUT2D eigenvalue weighted by molar-refractivity contribution is 5.81. The second-order valence-electron chi connectivity index (χ2n) is 7.27. The zero-order valence-electron chi connectivity index (χ0n) is 16.5. The fraction of sp³-hybridized carbons (Fsp3) is 0.480. The Morgan fingerprint density at radius 2 is 1.23 bits per heavy atom. The molecule has 0 saturated heterocycles. The summed E-state index contributed by atoms with van der Waals surface area (Å²) < 4.78 is 0. The van der Waals surface area contributed by atoms with E-state index >= 15 is 0 Å². The summed E-state index contributed by atoms with van der Waals surface area (Å²) in [5, 5.41) is 0. The highest BCUT2D eigenvalue weighted by atomic mass is 14.7. The van der Waals surface area contributed by atoms with Crippen molar-refractivity contribution >= 4 is 11.9 Å². The van der Waals surface area contributed by atoms with Crippen LogP contribution in [0.4, 0.5) is 5.69 Å². The fourth-order valence-corrected chi connectivity index (χ4v) is 3.25. The number of aliphatic imine (C=N–C) groups is 1. The minimum atomic E-state index is 1.03. The van der Waals surface area contributed by atoms with Crippen molar-refractivity contribution < 1.29 is 0 Å². The van der Waals surface area contributed by atoms with Crippen LogP contribution in [0, 0.1) is 0 Å². The SMILES string of the molecule is CCCCCCCCCCCCc1ccc(N=Cc2ccccc2)cc1. The molecule has 0 amide bonds. The van der Waals surface area contributed by atoms with Gasteiger partial charge in [0.15, 0.2) is 0 Å². The normalized spacial score (nSPS) is 11.3. The first-order valence-electron chi connectivity index (χ1n) is 10.6. The van der Waals surface area contributed by atoms with Crippen molar-refractivity contribution in [3.8, 4) is 0 Å². The van der Waals surface area contributed by atoms with E-state index in [-0.39, 0.29) is 0 Å². The quantitative estimate of drug-likeness (QED) is 0.257. The van der Waals surface area contributed by atoms with E-state index in [2.05, 4.69) is 48.3 Å². The molecular formula is C25H35N. The molecule has 0 spiro atoms. The lowest BCUT2D eigenvalue weighted by atomic mass is 10.0. The summed E-state index contributed by atoms with van der Waals surface area (Å²) in [6, 6.07) is 19.0. The van der Waals surface area contributed by atoms with Gasteiger partial charge in [0.2, 0.25) is 0 Å². The summed E-state index contributed by atoms with van der Waals surface area (Å²) in [5.74, 6) is 0. The highest BCUT2D eigenvalue weighted by Gasteiger charge is 1.96. The Hall–Kier alpha value is -1.89. The van der Waals surface area contributed by atoms with Gasteiger partial charge in [0.05, 0.1) is 5.69 Å². The molecule has 0 unspecified atom stereocenters. The second-order valence-corrected chi connectivity index (χ2v) is 7.27. The summed E-state index contributed by atoms with van der Waals surface area (Å²) in [6.07, 6.45) is 17.1. The fourth-order valence-electron chi connectivity index (χ4n) is 3.25. The Balaban J connectivity index is 1.56. The molecule has 0 bridgehead atoms.